The van der Waals surface area contributed by atoms with Gasteiger partial charge in [-0.3, -0.25) is 4.79 Å². The van der Waals surface area contributed by atoms with E-state index in [9.17, 15) is 26.7 Å². The van der Waals surface area contributed by atoms with Gasteiger partial charge >= 0.3 is 6.18 Å². The van der Waals surface area contributed by atoms with Crippen molar-refractivity contribution >= 4 is 45.6 Å². The molecule has 0 bridgehead atoms. The molecule has 1 fully saturated rings. The summed E-state index contributed by atoms with van der Waals surface area (Å²) in [6.45, 7) is 0.649. The Morgan fingerprint density at radius 3 is 2.54 bits per heavy atom. The Balaban J connectivity index is 1.08. The lowest BCUT2D eigenvalue weighted by atomic mass is 9.97. The highest BCUT2D eigenvalue weighted by Gasteiger charge is 2.33. The van der Waals surface area contributed by atoms with E-state index >= 15 is 0 Å². The number of imidazole rings is 1. The molecule has 2 aromatic carbocycles. The molecule has 2 aliphatic heterocycles. The second kappa shape index (κ2) is 10.7. The lowest BCUT2D eigenvalue weighted by Crippen LogP contribution is -2.39. The fourth-order valence-corrected chi connectivity index (χ4v) is 6.38. The van der Waals surface area contributed by atoms with E-state index in [4.69, 9.17) is 16.4 Å². The van der Waals surface area contributed by atoms with Gasteiger partial charge in [-0.05, 0) is 54.8 Å². The first-order valence-corrected chi connectivity index (χ1v) is 14.0. The SMILES string of the molecule is O=C(Cn1c(Cl)nc2ccc(C(F)(F)F)cc21)N1CCC(c2nc(C3=NOC(c4c(F)cccc4F)C3)cs2)CC1. The third kappa shape index (κ3) is 5.40. The first-order chi connectivity index (χ1) is 19.6. The van der Waals surface area contributed by atoms with Crippen LogP contribution in [0.25, 0.3) is 11.0 Å². The minimum Gasteiger partial charge on any atom is -0.387 e. The van der Waals surface area contributed by atoms with Gasteiger partial charge in [0.05, 0.1) is 32.9 Å². The molecule has 0 saturated carbocycles. The number of fused-ring (bicyclic) bond motifs is 1. The normalized spacial score (nSPS) is 18.1. The number of hydrogen-bond acceptors (Lipinski definition) is 6. The molecule has 6 rings (SSSR count). The van der Waals surface area contributed by atoms with E-state index in [1.807, 2.05) is 5.38 Å². The van der Waals surface area contributed by atoms with Gasteiger partial charge in [-0.15, -0.1) is 11.3 Å². The molecule has 1 atom stereocenters. The Kier molecular flexibility index (Phi) is 7.18. The second-order valence-corrected chi connectivity index (χ2v) is 11.1. The van der Waals surface area contributed by atoms with Crippen molar-refractivity contribution in [3.8, 4) is 0 Å². The molecule has 214 valence electrons. The van der Waals surface area contributed by atoms with Gasteiger partial charge in [0.2, 0.25) is 11.2 Å². The summed E-state index contributed by atoms with van der Waals surface area (Å²) in [5.74, 6) is -1.57. The number of thiazole rings is 1. The maximum atomic E-state index is 14.2. The van der Waals surface area contributed by atoms with Crippen molar-refractivity contribution in [2.45, 2.75) is 44.0 Å². The number of oxime groups is 1. The minimum absolute atomic E-state index is 0.0586. The smallest absolute Gasteiger partial charge is 0.387 e. The Labute approximate surface area is 239 Å². The molecule has 1 saturated heterocycles. The summed E-state index contributed by atoms with van der Waals surface area (Å²) in [6, 6.07) is 6.75. The van der Waals surface area contributed by atoms with Crippen LogP contribution in [0.1, 0.15) is 53.1 Å². The standard InChI is InChI=1S/C27H21ClF5N5O2S/c28-26-35-18-5-4-15(27(31,32)33)10-21(18)38(26)12-23(39)37-8-6-14(7-9-37)25-34-20(13-41-25)19-11-22(40-36-19)24-16(29)2-1-3-17(24)30/h1-5,10,13-14,22H,6-9,11-12H2. The number of nitrogens with zero attached hydrogens (tertiary/aromatic N) is 5. The average molecular weight is 610 g/mol. The molecule has 0 spiro atoms. The number of halogens is 6. The van der Waals surface area contributed by atoms with Crippen LogP contribution < -0.4 is 0 Å². The van der Waals surface area contributed by atoms with Gasteiger partial charge in [0, 0.05) is 30.8 Å². The maximum absolute atomic E-state index is 14.2. The molecule has 4 heterocycles. The van der Waals surface area contributed by atoms with Crippen LogP contribution >= 0.6 is 22.9 Å². The molecule has 7 nitrogen and oxygen atoms in total. The van der Waals surface area contributed by atoms with Crippen LogP contribution in [-0.4, -0.2) is 44.1 Å². The van der Waals surface area contributed by atoms with Crippen molar-refractivity contribution in [3.63, 3.8) is 0 Å². The van der Waals surface area contributed by atoms with Gasteiger partial charge in [0.15, 0.2) is 6.10 Å². The van der Waals surface area contributed by atoms with Crippen molar-refractivity contribution < 1.29 is 31.6 Å². The Morgan fingerprint density at radius 2 is 1.83 bits per heavy atom. The number of likely N-dealkylation sites (tertiary alicyclic amines) is 1. The van der Waals surface area contributed by atoms with Crippen molar-refractivity contribution in [3.05, 3.63) is 80.5 Å². The van der Waals surface area contributed by atoms with E-state index in [2.05, 4.69) is 15.1 Å². The number of amides is 1. The van der Waals surface area contributed by atoms with Crippen LogP contribution in [0.2, 0.25) is 5.28 Å². The van der Waals surface area contributed by atoms with Crippen LogP contribution in [0.15, 0.2) is 46.9 Å². The first kappa shape index (κ1) is 27.6. The Hall–Kier alpha value is -3.58. The highest BCUT2D eigenvalue weighted by atomic mass is 35.5. The minimum atomic E-state index is -4.53. The Morgan fingerprint density at radius 1 is 1.10 bits per heavy atom. The van der Waals surface area contributed by atoms with E-state index in [0.717, 1.165) is 17.1 Å². The number of alkyl halides is 3. The first-order valence-electron chi connectivity index (χ1n) is 12.7. The number of aromatic nitrogens is 3. The molecule has 4 aromatic rings. The van der Waals surface area contributed by atoms with Crippen LogP contribution in [0.4, 0.5) is 22.0 Å². The second-order valence-electron chi connectivity index (χ2n) is 9.87. The van der Waals surface area contributed by atoms with Crippen LogP contribution in [0, 0.1) is 11.6 Å². The molecule has 41 heavy (non-hydrogen) atoms. The van der Waals surface area contributed by atoms with Crippen molar-refractivity contribution in [1.29, 1.82) is 0 Å². The van der Waals surface area contributed by atoms with E-state index in [-0.39, 0.29) is 46.7 Å². The number of carbonyl (C=O) groups excluding carboxylic acids is 1. The van der Waals surface area contributed by atoms with Gasteiger partial charge in [0.1, 0.15) is 23.9 Å². The van der Waals surface area contributed by atoms with Gasteiger partial charge in [-0.25, -0.2) is 18.7 Å². The molecule has 2 aliphatic rings. The average Bonchev–Trinajstić information content (AvgIpc) is 3.67. The predicted molar refractivity (Wildman–Crippen MR) is 142 cm³/mol. The summed E-state index contributed by atoms with van der Waals surface area (Å²) < 4.78 is 69.2. The van der Waals surface area contributed by atoms with E-state index in [0.29, 0.717) is 37.3 Å². The zero-order valence-corrected chi connectivity index (χ0v) is 22.7. The monoisotopic (exact) mass is 609 g/mol. The molecule has 0 radical (unpaired) electrons. The molecule has 1 amide bonds. The lowest BCUT2D eigenvalue weighted by Gasteiger charge is -2.31. The third-order valence-corrected chi connectivity index (χ3v) is 8.62. The third-order valence-electron chi connectivity index (χ3n) is 7.33. The molecular formula is C27H21ClF5N5O2S. The molecule has 2 aromatic heterocycles. The van der Waals surface area contributed by atoms with E-state index in [1.165, 1.54) is 40.2 Å². The highest BCUT2D eigenvalue weighted by molar-refractivity contribution is 7.10. The molecule has 14 heteroatoms. The van der Waals surface area contributed by atoms with Crippen LogP contribution in [0.3, 0.4) is 0 Å². The summed E-state index contributed by atoms with van der Waals surface area (Å²) in [5, 5.41) is 6.65. The van der Waals surface area contributed by atoms with Crippen molar-refractivity contribution in [1.82, 2.24) is 19.4 Å². The van der Waals surface area contributed by atoms with Crippen LogP contribution in [-0.2, 0) is 22.4 Å². The van der Waals surface area contributed by atoms with Gasteiger partial charge in [-0.1, -0.05) is 11.2 Å². The largest absolute Gasteiger partial charge is 0.416 e. The topological polar surface area (TPSA) is 72.6 Å². The fraction of sp³-hybridized carbons (Fsp3) is 0.333. The quantitative estimate of drug-likeness (QED) is 0.236. The molecule has 0 aliphatic carbocycles. The molecule has 0 N–H and O–H groups in total. The number of piperidine rings is 1. The number of hydrogen-bond donors (Lipinski definition) is 0. The maximum Gasteiger partial charge on any atom is 0.416 e. The van der Waals surface area contributed by atoms with Gasteiger partial charge in [-0.2, -0.15) is 13.2 Å². The van der Waals surface area contributed by atoms with Gasteiger partial charge in [0.25, 0.3) is 0 Å². The summed E-state index contributed by atoms with van der Waals surface area (Å²) >= 11 is 7.62. The predicted octanol–water partition coefficient (Wildman–Crippen LogP) is 6.72. The van der Waals surface area contributed by atoms with Gasteiger partial charge < -0.3 is 14.3 Å². The zero-order chi connectivity index (χ0) is 28.9. The summed E-state index contributed by atoms with van der Waals surface area (Å²) in [4.78, 5) is 28.8. The lowest BCUT2D eigenvalue weighted by molar-refractivity contribution is -0.137. The number of carbonyl (C=O) groups is 1. The summed E-state index contributed by atoms with van der Waals surface area (Å²) in [7, 11) is 0. The summed E-state index contributed by atoms with van der Waals surface area (Å²) in [6.07, 6.45) is -3.94. The van der Waals surface area contributed by atoms with Crippen molar-refractivity contribution in [2.24, 2.45) is 5.16 Å². The summed E-state index contributed by atoms with van der Waals surface area (Å²) in [5.41, 5.74) is 0.501. The van der Waals surface area contributed by atoms with Crippen molar-refractivity contribution in [2.75, 3.05) is 13.1 Å². The zero-order valence-electron chi connectivity index (χ0n) is 21.2. The number of benzene rings is 2. The van der Waals surface area contributed by atoms with E-state index < -0.39 is 29.5 Å². The highest BCUT2D eigenvalue weighted by Crippen LogP contribution is 2.36. The number of rotatable bonds is 5. The van der Waals surface area contributed by atoms with Crippen LogP contribution in [0.5, 0.6) is 0 Å². The molecule has 1 unspecified atom stereocenters. The van der Waals surface area contributed by atoms with E-state index in [1.54, 1.807) is 4.90 Å². The fourth-order valence-electron chi connectivity index (χ4n) is 5.14. The Bertz CT molecular complexity index is 1640. The molecular weight excluding hydrogens is 589 g/mol.